The lowest BCUT2D eigenvalue weighted by Gasteiger charge is -2.53. The average Bonchev–Trinajstić information content (AvgIpc) is 2.42. The van der Waals surface area contributed by atoms with Crippen molar-refractivity contribution in [2.75, 3.05) is 0 Å². The lowest BCUT2D eigenvalue weighted by atomic mass is 9.55. The zero-order valence-corrected chi connectivity index (χ0v) is 12.0. The third-order valence-corrected chi connectivity index (χ3v) is 5.67. The first-order chi connectivity index (χ1) is 9.70. The van der Waals surface area contributed by atoms with Gasteiger partial charge in [-0.15, -0.1) is 0 Å². The molecule has 0 atom stereocenters. The number of Topliss-reactive ketones (excluding diaryl/α,β-unsaturated/α-hetero) is 1. The Balaban J connectivity index is 1.59. The maximum atomic E-state index is 11.7. The van der Waals surface area contributed by atoms with Gasteiger partial charge >= 0.3 is 0 Å². The molecule has 0 aliphatic heterocycles. The van der Waals surface area contributed by atoms with Crippen LogP contribution in [0.3, 0.4) is 0 Å². The molecule has 1 aromatic carbocycles. The normalized spacial score (nSPS) is 38.0. The fourth-order valence-corrected chi connectivity index (χ4v) is 5.07. The Morgan fingerprint density at radius 2 is 1.60 bits per heavy atom. The van der Waals surface area contributed by atoms with Crippen LogP contribution in [-0.2, 0) is 0 Å². The predicted molar refractivity (Wildman–Crippen MR) is 77.9 cm³/mol. The Morgan fingerprint density at radius 1 is 1.00 bits per heavy atom. The summed E-state index contributed by atoms with van der Waals surface area (Å²) >= 11 is 0. The van der Waals surface area contributed by atoms with E-state index >= 15 is 0 Å². The second-order valence-corrected chi connectivity index (χ2v) is 7.07. The molecule has 2 nitrogen and oxygen atoms in total. The van der Waals surface area contributed by atoms with Crippen LogP contribution in [0, 0.1) is 23.7 Å². The molecule has 0 saturated heterocycles. The molecule has 5 rings (SSSR count). The van der Waals surface area contributed by atoms with Gasteiger partial charge in [0.15, 0.2) is 5.78 Å². The van der Waals surface area contributed by atoms with E-state index in [2.05, 4.69) is 0 Å². The lowest BCUT2D eigenvalue weighted by Crippen LogP contribution is -2.50. The molecular weight excluding hydrogens is 248 g/mol. The van der Waals surface area contributed by atoms with E-state index in [1.54, 1.807) is 6.92 Å². The standard InChI is InChI=1S/C18H22O2/c1-11(19)16-4-2-3-5-17(16)20-18-14-7-12-6-13(9-14)10-15(18)8-12/h2-5,12-15,18H,6-10H2,1H3. The molecule has 0 radical (unpaired) electrons. The minimum Gasteiger partial charge on any atom is -0.489 e. The maximum absolute atomic E-state index is 11.7. The maximum Gasteiger partial charge on any atom is 0.163 e. The van der Waals surface area contributed by atoms with Gasteiger partial charge in [-0.1, -0.05) is 12.1 Å². The highest BCUT2D eigenvalue weighted by Gasteiger charge is 2.49. The number of ether oxygens (including phenoxy) is 1. The van der Waals surface area contributed by atoms with Gasteiger partial charge in [0.2, 0.25) is 0 Å². The molecule has 0 aromatic heterocycles. The van der Waals surface area contributed by atoms with Gasteiger partial charge in [0, 0.05) is 0 Å². The minimum atomic E-state index is 0.101. The van der Waals surface area contributed by atoms with Gasteiger partial charge in [-0.25, -0.2) is 0 Å². The molecule has 0 amide bonds. The van der Waals surface area contributed by atoms with E-state index < -0.39 is 0 Å². The van der Waals surface area contributed by atoms with E-state index in [9.17, 15) is 4.79 Å². The van der Waals surface area contributed by atoms with E-state index in [0.717, 1.165) is 35.0 Å². The Labute approximate surface area is 120 Å². The molecule has 1 aromatic rings. The fourth-order valence-electron chi connectivity index (χ4n) is 5.07. The smallest absolute Gasteiger partial charge is 0.163 e. The first-order valence-corrected chi connectivity index (χ1v) is 7.97. The summed E-state index contributed by atoms with van der Waals surface area (Å²) in [5.74, 6) is 4.28. The predicted octanol–water partition coefficient (Wildman–Crippen LogP) is 4.09. The fraction of sp³-hybridized carbons (Fsp3) is 0.611. The Bertz CT molecular complexity index is 506. The summed E-state index contributed by atoms with van der Waals surface area (Å²) in [6.07, 6.45) is 7.20. The summed E-state index contributed by atoms with van der Waals surface area (Å²) in [6, 6.07) is 7.73. The van der Waals surface area contributed by atoms with Crippen molar-refractivity contribution < 1.29 is 9.53 Å². The zero-order valence-electron chi connectivity index (χ0n) is 12.0. The van der Waals surface area contributed by atoms with Gasteiger partial charge in [-0.3, -0.25) is 4.79 Å². The van der Waals surface area contributed by atoms with Crippen molar-refractivity contribution in [2.45, 2.75) is 45.1 Å². The van der Waals surface area contributed by atoms with Crippen LogP contribution in [0.15, 0.2) is 24.3 Å². The number of ketones is 1. The summed E-state index contributed by atoms with van der Waals surface area (Å²) in [5, 5.41) is 0. The summed E-state index contributed by atoms with van der Waals surface area (Å²) in [7, 11) is 0. The molecule has 4 fully saturated rings. The first kappa shape index (κ1) is 12.4. The lowest BCUT2D eigenvalue weighted by molar-refractivity contribution is -0.0791. The topological polar surface area (TPSA) is 26.3 Å². The van der Waals surface area contributed by atoms with Crippen molar-refractivity contribution in [2.24, 2.45) is 23.7 Å². The Kier molecular flexibility index (Phi) is 2.87. The first-order valence-electron chi connectivity index (χ1n) is 7.97. The number of carbonyl (C=O) groups excluding carboxylic acids is 1. The number of carbonyl (C=O) groups is 1. The summed E-state index contributed by atoms with van der Waals surface area (Å²) < 4.78 is 6.36. The second-order valence-electron chi connectivity index (χ2n) is 7.07. The van der Waals surface area contributed by atoms with Crippen LogP contribution in [0.5, 0.6) is 5.75 Å². The molecular formula is C18H22O2. The van der Waals surface area contributed by atoms with E-state index in [1.165, 1.54) is 32.1 Å². The van der Waals surface area contributed by atoms with Gasteiger partial charge in [-0.2, -0.15) is 0 Å². The van der Waals surface area contributed by atoms with Crippen molar-refractivity contribution in [3.8, 4) is 5.75 Å². The zero-order chi connectivity index (χ0) is 13.7. The van der Waals surface area contributed by atoms with Crippen LogP contribution in [0.1, 0.15) is 49.4 Å². The third-order valence-electron chi connectivity index (χ3n) is 5.67. The van der Waals surface area contributed by atoms with Crippen molar-refractivity contribution in [1.29, 1.82) is 0 Å². The molecule has 2 heteroatoms. The van der Waals surface area contributed by atoms with Crippen LogP contribution in [0.4, 0.5) is 0 Å². The van der Waals surface area contributed by atoms with Crippen molar-refractivity contribution in [3.05, 3.63) is 29.8 Å². The highest BCUT2D eigenvalue weighted by molar-refractivity contribution is 5.96. The molecule has 4 saturated carbocycles. The number of hydrogen-bond donors (Lipinski definition) is 0. The highest BCUT2D eigenvalue weighted by atomic mass is 16.5. The van der Waals surface area contributed by atoms with Crippen LogP contribution < -0.4 is 4.74 Å². The number of benzene rings is 1. The van der Waals surface area contributed by atoms with E-state index in [-0.39, 0.29) is 5.78 Å². The molecule has 0 spiro atoms. The van der Waals surface area contributed by atoms with E-state index in [0.29, 0.717) is 6.10 Å². The van der Waals surface area contributed by atoms with Crippen molar-refractivity contribution in [1.82, 2.24) is 0 Å². The van der Waals surface area contributed by atoms with Crippen LogP contribution >= 0.6 is 0 Å². The average molecular weight is 270 g/mol. The summed E-state index contributed by atoms with van der Waals surface area (Å²) in [4.78, 5) is 11.7. The molecule has 20 heavy (non-hydrogen) atoms. The van der Waals surface area contributed by atoms with Crippen molar-refractivity contribution >= 4 is 5.78 Å². The third kappa shape index (κ3) is 1.97. The largest absolute Gasteiger partial charge is 0.489 e. The Morgan fingerprint density at radius 3 is 2.20 bits per heavy atom. The number of rotatable bonds is 3. The van der Waals surface area contributed by atoms with Gasteiger partial charge in [0.1, 0.15) is 11.9 Å². The monoisotopic (exact) mass is 270 g/mol. The minimum absolute atomic E-state index is 0.101. The summed E-state index contributed by atoms with van der Waals surface area (Å²) in [6.45, 7) is 1.62. The Hall–Kier alpha value is -1.31. The molecule has 4 aliphatic carbocycles. The summed E-state index contributed by atoms with van der Waals surface area (Å²) in [5.41, 5.74) is 0.737. The molecule has 0 heterocycles. The second kappa shape index (κ2) is 4.61. The number of para-hydroxylation sites is 1. The van der Waals surface area contributed by atoms with E-state index in [1.807, 2.05) is 24.3 Å². The van der Waals surface area contributed by atoms with E-state index in [4.69, 9.17) is 4.74 Å². The quantitative estimate of drug-likeness (QED) is 0.773. The molecule has 0 unspecified atom stereocenters. The van der Waals surface area contributed by atoms with Crippen LogP contribution in [0.25, 0.3) is 0 Å². The highest BCUT2D eigenvalue weighted by Crippen LogP contribution is 2.54. The molecule has 4 bridgehead atoms. The van der Waals surface area contributed by atoms with Gasteiger partial charge in [0.25, 0.3) is 0 Å². The van der Waals surface area contributed by atoms with Gasteiger partial charge < -0.3 is 4.74 Å². The molecule has 4 aliphatic rings. The number of hydrogen-bond acceptors (Lipinski definition) is 2. The van der Waals surface area contributed by atoms with Gasteiger partial charge in [0.05, 0.1) is 5.56 Å². The van der Waals surface area contributed by atoms with Crippen molar-refractivity contribution in [3.63, 3.8) is 0 Å². The molecule has 0 N–H and O–H groups in total. The SMILES string of the molecule is CC(=O)c1ccccc1OC1C2CC3CC(C2)CC1C3. The van der Waals surface area contributed by atoms with Crippen LogP contribution in [-0.4, -0.2) is 11.9 Å². The van der Waals surface area contributed by atoms with Crippen LogP contribution in [0.2, 0.25) is 0 Å². The van der Waals surface area contributed by atoms with Gasteiger partial charge in [-0.05, 0) is 74.8 Å². The molecule has 106 valence electrons.